The van der Waals surface area contributed by atoms with Crippen LogP contribution in [0.1, 0.15) is 442 Å². The lowest BCUT2D eigenvalue weighted by Gasteiger charge is -2.33. The molecule has 872 valence electrons. The minimum absolute atomic E-state index is 0.0601. The highest BCUT2D eigenvalue weighted by molar-refractivity contribution is 8.57. The summed E-state index contributed by atoms with van der Waals surface area (Å²) in [5, 5.41) is 0. The molecule has 4 heterocycles. The Morgan fingerprint density at radius 1 is 0.221 bits per heavy atom. The van der Waals surface area contributed by atoms with Crippen LogP contribution in [0.25, 0.3) is 0 Å². The Morgan fingerprint density at radius 3 is 0.628 bits per heavy atom. The first-order valence-electron chi connectivity index (χ1n) is 52.5. The largest absolute Gasteiger partial charge is 0.464 e. The SMILES string of the molecule is CC(C)(C)OP(=O)(OC(C)(C)C)SCCN1CCCCC1.CC(C)(C)OP(=O)(OC(C)(C)C)SCCOC(=O)C(C)(C)CCN1CCCCC1.CC(C)(C)OP(=O)(OC(C)(C)C)SCN1CCCCC1.CC(C)(C)OP(=O)(OC(C)(C)C)SCOC(=O)C(C)(C)CCN1CCCCC1.CCCSP(=O)(OC(C)(C)C)OC(C)(C)C.CCCSP(=O)(OC(C)(C)C)OC(C)(C)C.CCSP(=O)(OC(C)(C)C)OC(C)(C)C. The molecule has 0 unspecified atom stereocenters. The maximum atomic E-state index is 13.1. The van der Waals surface area contributed by atoms with Crippen LogP contribution in [0, 0.1) is 10.8 Å². The van der Waals surface area contributed by atoms with E-state index in [9.17, 15) is 41.5 Å². The van der Waals surface area contributed by atoms with Crippen molar-refractivity contribution in [1.29, 1.82) is 0 Å². The van der Waals surface area contributed by atoms with E-state index in [4.69, 9.17) is 72.8 Å². The Labute approximate surface area is 916 Å². The third-order valence-electron chi connectivity index (χ3n) is 17.6. The molecule has 0 aliphatic carbocycles. The van der Waals surface area contributed by atoms with E-state index in [0.29, 0.717) is 17.4 Å². The topological polar surface area (TPSA) is 314 Å². The number of nitrogens with zero attached hydrogens (tertiary/aromatic N) is 4. The predicted octanol–water partition coefficient (Wildman–Crippen LogP) is 35.8. The van der Waals surface area contributed by atoms with Crippen molar-refractivity contribution in [2.45, 2.75) is 520 Å². The van der Waals surface area contributed by atoms with Gasteiger partial charge >= 0.3 is 59.5 Å². The van der Waals surface area contributed by atoms with Gasteiger partial charge in [0.15, 0.2) is 0 Å². The molecule has 4 aliphatic rings. The molecule has 0 spiro atoms. The van der Waals surface area contributed by atoms with Crippen molar-refractivity contribution >= 4 is 139 Å². The zero-order valence-corrected chi connectivity index (χ0v) is 113. The van der Waals surface area contributed by atoms with E-state index in [0.717, 1.165) is 138 Å². The molecule has 0 aromatic heterocycles. The lowest BCUT2D eigenvalue weighted by molar-refractivity contribution is -0.154. The van der Waals surface area contributed by atoms with E-state index in [2.05, 4.69) is 19.6 Å². The molecular weight excluding hydrogens is 2120 g/mol. The van der Waals surface area contributed by atoms with Crippen LogP contribution >= 0.6 is 127 Å². The summed E-state index contributed by atoms with van der Waals surface area (Å²) in [7, 11) is 0. The Kier molecular flexibility index (Phi) is 68.9. The molecule has 43 heteroatoms. The summed E-state index contributed by atoms with van der Waals surface area (Å²) >= 11 is 8.50. The Morgan fingerprint density at radius 2 is 0.407 bits per heavy atom. The third-order valence-corrected chi connectivity index (χ3v) is 46.9. The molecule has 0 saturated carbocycles. The van der Waals surface area contributed by atoms with E-state index in [1.165, 1.54) is 134 Å². The molecule has 4 aliphatic heterocycles. The zero-order chi connectivity index (χ0) is 114. The van der Waals surface area contributed by atoms with Crippen molar-refractivity contribution < 1.29 is 114 Å². The van der Waals surface area contributed by atoms with Gasteiger partial charge in [-0.2, -0.15) is 0 Å². The quantitative estimate of drug-likeness (QED) is 0.0237. The minimum atomic E-state index is -3.48. The highest BCUT2D eigenvalue weighted by Gasteiger charge is 2.45. The molecule has 0 amide bonds. The van der Waals surface area contributed by atoms with Crippen LogP contribution in [0.5, 0.6) is 0 Å². The van der Waals surface area contributed by atoms with Crippen molar-refractivity contribution in [3.05, 3.63) is 0 Å². The molecular formula is C102H217N4O25P7S7. The minimum Gasteiger partial charge on any atom is -0.464 e. The van der Waals surface area contributed by atoms with Gasteiger partial charge < -0.3 is 24.2 Å². The fourth-order valence-corrected chi connectivity index (χ4v) is 44.3. The Hall–Kier alpha value is 2.28. The van der Waals surface area contributed by atoms with Crippen LogP contribution in [-0.2, 0) is 114 Å². The molecule has 0 bridgehead atoms. The van der Waals surface area contributed by atoms with Crippen molar-refractivity contribution in [2.24, 2.45) is 10.8 Å². The normalized spacial score (nSPS) is 16.9. The van der Waals surface area contributed by atoms with Crippen LogP contribution in [0.3, 0.4) is 0 Å². The third kappa shape index (κ3) is 89.7. The summed E-state index contributed by atoms with van der Waals surface area (Å²) in [6.07, 6.45) is 18.6. The fraction of sp³-hybridized carbons (Fsp3) is 0.980. The van der Waals surface area contributed by atoms with Crippen molar-refractivity contribution in [3.8, 4) is 0 Å². The molecule has 145 heavy (non-hydrogen) atoms. The monoisotopic (exact) mass is 2340 g/mol. The summed E-state index contributed by atoms with van der Waals surface area (Å²) in [4.78, 5) is 34.7. The van der Waals surface area contributed by atoms with Gasteiger partial charge in [-0.3, -0.25) is 77.8 Å². The molecule has 4 saturated heterocycles. The van der Waals surface area contributed by atoms with Gasteiger partial charge in [0.25, 0.3) is 0 Å². The second-order valence-corrected chi connectivity index (χ2v) is 80.1. The number of piperidine rings is 4. The molecule has 29 nitrogen and oxygen atoms in total. The lowest BCUT2D eigenvalue weighted by Crippen LogP contribution is -2.36. The van der Waals surface area contributed by atoms with E-state index in [-0.39, 0.29) is 24.5 Å². The first-order chi connectivity index (χ1) is 64.7. The second-order valence-electron chi connectivity index (χ2n) is 52.0. The molecule has 0 N–H and O–H groups in total. The number of hydrogen-bond donors (Lipinski definition) is 0. The van der Waals surface area contributed by atoms with E-state index in [1.807, 2.05) is 339 Å². The number of carbonyl (C=O) groups is 2. The summed E-state index contributed by atoms with van der Waals surface area (Å²) in [5.74, 6) is 3.57. The van der Waals surface area contributed by atoms with E-state index in [1.54, 1.807) is 0 Å². The van der Waals surface area contributed by atoms with Gasteiger partial charge in [0.1, 0.15) is 12.5 Å². The molecule has 4 fully saturated rings. The summed E-state index contributed by atoms with van der Waals surface area (Å²) < 4.78 is 180. The number of hydrogen-bond acceptors (Lipinski definition) is 36. The van der Waals surface area contributed by atoms with Gasteiger partial charge in [-0.1, -0.05) is 46.5 Å². The number of esters is 2. The molecule has 0 radical (unpaired) electrons. The number of ether oxygens (including phenoxy) is 2. The van der Waals surface area contributed by atoms with Crippen LogP contribution in [0.15, 0.2) is 0 Å². The average molecular weight is 2340 g/mol. The fourth-order valence-electron chi connectivity index (χ4n) is 12.7. The highest BCUT2D eigenvalue weighted by atomic mass is 32.7. The highest BCUT2D eigenvalue weighted by Crippen LogP contribution is 2.71. The van der Waals surface area contributed by atoms with Gasteiger partial charge in [-0.05, 0) is 529 Å². The van der Waals surface area contributed by atoms with Crippen LogP contribution in [-0.4, -0.2) is 229 Å². The molecule has 4 rings (SSSR count). The van der Waals surface area contributed by atoms with Crippen molar-refractivity contribution in [1.82, 2.24) is 19.6 Å². The smallest absolute Gasteiger partial charge is 0.393 e. The standard InChI is InChI=1S/C21H42NO5PS.C20H40NO5PS.C15H32NO3PS.C14H30NO3PS.2C11H25O3PS.C10H23O3PS/c1-19(2,3)26-28(24,27-20(4,5)6)29-17-16-25-18(23)21(7,8)12-15-22-13-10-9-11-14-22;1-18(2,3)25-27(23,26-19(4,5)6)28-16-24-17(22)20(7,8)12-15-21-13-10-9-11-14-21;1-14(2,3)18-20(17,19-15(4,5)6)21-13-12-16-10-8-7-9-11-16;1-13(2,3)17-19(16,18-14(4,5)6)20-12-15-10-8-7-9-11-15;2*1-8-9-16-15(12,13-10(2,3)4)14-11(5,6)7;1-8-15-14(11,12-9(2,3)4)13-10(5,6)7/h9-17H2,1-8H3;9-16H2,1-8H3;7-13H2,1-6H3;7-12H2,1-6H3;2*8-9H2,1-7H3;8H2,1-7H3. The molecule has 0 aromatic carbocycles. The maximum Gasteiger partial charge on any atom is 0.393 e. The molecule has 0 aromatic rings. The first kappa shape index (κ1) is 151. The van der Waals surface area contributed by atoms with Crippen molar-refractivity contribution in [3.63, 3.8) is 0 Å². The lowest BCUT2D eigenvalue weighted by atomic mass is 9.89. The van der Waals surface area contributed by atoms with E-state index >= 15 is 0 Å². The van der Waals surface area contributed by atoms with Crippen LogP contribution in [0.2, 0.25) is 0 Å². The summed E-state index contributed by atoms with van der Waals surface area (Å²) in [6, 6.07) is 0. The van der Waals surface area contributed by atoms with Gasteiger partial charge in [0.2, 0.25) is 0 Å². The predicted molar refractivity (Wildman–Crippen MR) is 629 cm³/mol. The van der Waals surface area contributed by atoms with Crippen LogP contribution in [0.4, 0.5) is 0 Å². The number of carbonyl (C=O) groups excluding carboxylic acids is 2. The average Bonchev–Trinajstić information content (AvgIpc) is 0.842. The molecule has 0 atom stereocenters. The van der Waals surface area contributed by atoms with Crippen LogP contribution < -0.4 is 0 Å². The van der Waals surface area contributed by atoms with Gasteiger partial charge in [0, 0.05) is 46.7 Å². The maximum absolute atomic E-state index is 13.1. The number of rotatable bonds is 44. The van der Waals surface area contributed by atoms with Gasteiger partial charge in [0.05, 0.1) is 95.1 Å². The second kappa shape index (κ2) is 66.0. The van der Waals surface area contributed by atoms with Crippen molar-refractivity contribution in [2.75, 3.05) is 119 Å². The van der Waals surface area contributed by atoms with Gasteiger partial charge in [-0.25, -0.2) is 32.0 Å². The summed E-state index contributed by atoms with van der Waals surface area (Å²) in [5.41, 5.74) is -8.21. The Bertz CT molecular complexity index is 3730. The first-order valence-corrected chi connectivity index (χ1v) is 74.4. The Balaban J connectivity index is -0.00000165. The zero-order valence-electron chi connectivity index (χ0n) is 101. The summed E-state index contributed by atoms with van der Waals surface area (Å²) in [6.45, 7) is 82.1. The number of likely N-dealkylation sites (tertiary alicyclic amines) is 4. The van der Waals surface area contributed by atoms with E-state index < -0.39 is 137 Å². The van der Waals surface area contributed by atoms with Gasteiger partial charge in [-0.15, -0.1) is 0 Å².